The second-order valence-electron chi connectivity index (χ2n) is 10.7. The van der Waals surface area contributed by atoms with E-state index in [1.165, 1.54) is 21.1 Å². The Kier molecular flexibility index (Phi) is 6.52. The van der Waals surface area contributed by atoms with Crippen LogP contribution in [0.4, 0.5) is 4.39 Å². The Labute approximate surface area is 205 Å². The number of benzene rings is 3. The second-order valence-corrected chi connectivity index (χ2v) is 15.1. The average molecular weight is 471 g/mol. The molecule has 0 spiro atoms. The number of nitrogens with zero attached hydrogens (tertiary/aromatic N) is 1. The fraction of sp³-hybridized carbons (Fsp3) is 0.323. The summed E-state index contributed by atoms with van der Waals surface area (Å²) in [5, 5.41) is 5.31. The summed E-state index contributed by atoms with van der Waals surface area (Å²) in [5.74, 6) is 0.218. The van der Waals surface area contributed by atoms with E-state index in [4.69, 9.17) is 0 Å². The number of rotatable bonds is 5. The van der Waals surface area contributed by atoms with Crippen LogP contribution in [0.25, 0.3) is 22.0 Å². The van der Waals surface area contributed by atoms with Crippen LogP contribution in [-0.4, -0.2) is 8.07 Å². The zero-order valence-electron chi connectivity index (χ0n) is 21.8. The topological polar surface area (TPSA) is 3.88 Å². The van der Waals surface area contributed by atoms with Crippen molar-refractivity contribution >= 4 is 29.2 Å². The summed E-state index contributed by atoms with van der Waals surface area (Å²) in [4.78, 5) is 0. The molecule has 0 bridgehead atoms. The molecule has 1 heterocycles. The van der Waals surface area contributed by atoms with Crippen molar-refractivity contribution in [3.05, 3.63) is 89.4 Å². The molecule has 4 aromatic rings. The van der Waals surface area contributed by atoms with Gasteiger partial charge in [-0.25, -0.2) is 8.96 Å². The number of fused-ring (bicyclic) bond motifs is 1. The van der Waals surface area contributed by atoms with E-state index in [2.05, 4.69) is 126 Å². The summed E-state index contributed by atoms with van der Waals surface area (Å²) in [7, 11) is 0.290. The standard InChI is InChI=1S/C31H37FNSi/c1-20(2)27-19-28(22(5)29(21(3)4)30(27)32)31-26-15-14-25(18-23(26)16-17-33(31)6)34(7,8)24-12-10-9-11-13-24/h9-21H,1-8H3/q+1. The number of aromatic nitrogens is 1. The molecule has 4 rings (SSSR count). The minimum absolute atomic E-state index is 0.0352. The third-order valence-corrected chi connectivity index (χ3v) is 10.9. The lowest BCUT2D eigenvalue weighted by molar-refractivity contribution is -0.659. The van der Waals surface area contributed by atoms with E-state index in [0.29, 0.717) is 0 Å². The number of halogens is 1. The monoisotopic (exact) mass is 470 g/mol. The first-order valence-corrected chi connectivity index (χ1v) is 15.4. The van der Waals surface area contributed by atoms with E-state index in [0.717, 1.165) is 27.9 Å². The van der Waals surface area contributed by atoms with Gasteiger partial charge in [0, 0.05) is 6.07 Å². The molecule has 0 aliphatic rings. The largest absolute Gasteiger partial charge is 0.220 e. The maximum absolute atomic E-state index is 15.5. The Morgan fingerprint density at radius 1 is 0.824 bits per heavy atom. The van der Waals surface area contributed by atoms with Gasteiger partial charge in [0.05, 0.1) is 10.9 Å². The lowest BCUT2D eigenvalue weighted by Gasteiger charge is -2.24. The molecule has 1 aromatic heterocycles. The third kappa shape index (κ3) is 4.11. The number of hydrogen-bond donors (Lipinski definition) is 0. The molecule has 0 saturated carbocycles. The van der Waals surface area contributed by atoms with Gasteiger partial charge in [0.15, 0.2) is 6.20 Å². The highest BCUT2D eigenvalue weighted by Gasteiger charge is 2.28. The molecule has 0 unspecified atom stereocenters. The normalized spacial score (nSPS) is 12.2. The molecule has 3 heteroatoms. The summed E-state index contributed by atoms with van der Waals surface area (Å²) in [6, 6.07) is 22.2. The molecule has 0 aliphatic carbocycles. The molecule has 176 valence electrons. The minimum Gasteiger partial charge on any atom is -0.206 e. The first kappa shape index (κ1) is 24.3. The molecule has 0 amide bonds. The van der Waals surface area contributed by atoms with E-state index in [1.54, 1.807) is 0 Å². The first-order chi connectivity index (χ1) is 16.0. The fourth-order valence-corrected chi connectivity index (χ4v) is 7.64. The van der Waals surface area contributed by atoms with Crippen molar-refractivity contribution in [2.75, 3.05) is 0 Å². The Hall–Kier alpha value is -2.78. The molecule has 0 radical (unpaired) electrons. The Bertz CT molecular complexity index is 1350. The van der Waals surface area contributed by atoms with Gasteiger partial charge < -0.3 is 0 Å². The molecule has 34 heavy (non-hydrogen) atoms. The van der Waals surface area contributed by atoms with Gasteiger partial charge in [-0.1, -0.05) is 93.6 Å². The van der Waals surface area contributed by atoms with Gasteiger partial charge in [0.25, 0.3) is 0 Å². The smallest absolute Gasteiger partial charge is 0.206 e. The van der Waals surface area contributed by atoms with Gasteiger partial charge in [-0.3, -0.25) is 0 Å². The summed E-state index contributed by atoms with van der Waals surface area (Å²) >= 11 is 0. The molecule has 0 fully saturated rings. The van der Waals surface area contributed by atoms with E-state index in [-0.39, 0.29) is 17.7 Å². The summed E-state index contributed by atoms with van der Waals surface area (Å²) in [6.07, 6.45) is 2.14. The Balaban J connectivity index is 1.97. The van der Waals surface area contributed by atoms with E-state index < -0.39 is 8.07 Å². The molecule has 3 aromatic carbocycles. The predicted octanol–water partition coefficient (Wildman–Crippen LogP) is 6.85. The van der Waals surface area contributed by atoms with E-state index in [9.17, 15) is 0 Å². The van der Waals surface area contributed by atoms with Gasteiger partial charge in [-0.15, -0.1) is 0 Å². The number of hydrogen-bond acceptors (Lipinski definition) is 0. The molecular formula is C31H37FNSi+. The van der Waals surface area contributed by atoms with Crippen LogP contribution in [-0.2, 0) is 7.05 Å². The highest BCUT2D eigenvalue weighted by Crippen LogP contribution is 2.37. The van der Waals surface area contributed by atoms with Crippen molar-refractivity contribution in [1.82, 2.24) is 0 Å². The van der Waals surface area contributed by atoms with Crippen LogP contribution in [0.1, 0.15) is 56.2 Å². The lowest BCUT2D eigenvalue weighted by Crippen LogP contribution is -2.52. The molecule has 0 N–H and O–H groups in total. The highest BCUT2D eigenvalue weighted by molar-refractivity contribution is 7.00. The van der Waals surface area contributed by atoms with Crippen LogP contribution >= 0.6 is 0 Å². The van der Waals surface area contributed by atoms with E-state index in [1.807, 2.05) is 0 Å². The van der Waals surface area contributed by atoms with Crippen molar-refractivity contribution in [3.8, 4) is 11.3 Å². The molecule has 1 nitrogen and oxygen atoms in total. The van der Waals surface area contributed by atoms with Crippen molar-refractivity contribution in [2.24, 2.45) is 7.05 Å². The minimum atomic E-state index is -1.81. The van der Waals surface area contributed by atoms with Crippen LogP contribution in [0.5, 0.6) is 0 Å². The van der Waals surface area contributed by atoms with Crippen LogP contribution in [0.15, 0.2) is 66.9 Å². The second kappa shape index (κ2) is 9.11. The Morgan fingerprint density at radius 2 is 1.50 bits per heavy atom. The molecule has 0 saturated heterocycles. The quantitative estimate of drug-likeness (QED) is 0.222. The van der Waals surface area contributed by atoms with Gasteiger partial charge in [0.2, 0.25) is 5.69 Å². The van der Waals surface area contributed by atoms with Crippen molar-refractivity contribution in [1.29, 1.82) is 0 Å². The van der Waals surface area contributed by atoms with Gasteiger partial charge in [0.1, 0.15) is 20.9 Å². The van der Waals surface area contributed by atoms with Crippen LogP contribution in [0.2, 0.25) is 13.1 Å². The van der Waals surface area contributed by atoms with Crippen LogP contribution < -0.4 is 14.9 Å². The van der Waals surface area contributed by atoms with Crippen molar-refractivity contribution in [3.63, 3.8) is 0 Å². The molecule has 0 atom stereocenters. The summed E-state index contributed by atoms with van der Waals surface area (Å²) in [5.41, 5.74) is 4.98. The van der Waals surface area contributed by atoms with E-state index >= 15 is 4.39 Å². The van der Waals surface area contributed by atoms with Crippen molar-refractivity contribution in [2.45, 2.75) is 59.5 Å². The number of aryl methyl sites for hydroxylation is 1. The zero-order chi connectivity index (χ0) is 24.8. The maximum atomic E-state index is 15.5. The Morgan fingerprint density at radius 3 is 2.12 bits per heavy atom. The van der Waals surface area contributed by atoms with Gasteiger partial charge in [-0.05, 0) is 53.0 Å². The average Bonchev–Trinajstić information content (AvgIpc) is 2.79. The van der Waals surface area contributed by atoms with Gasteiger partial charge >= 0.3 is 0 Å². The predicted molar refractivity (Wildman–Crippen MR) is 147 cm³/mol. The van der Waals surface area contributed by atoms with Crippen LogP contribution in [0.3, 0.4) is 0 Å². The molecular weight excluding hydrogens is 433 g/mol. The third-order valence-electron chi connectivity index (χ3n) is 7.41. The molecule has 0 aliphatic heterocycles. The van der Waals surface area contributed by atoms with Gasteiger partial charge in [-0.2, -0.15) is 0 Å². The fourth-order valence-electron chi connectivity index (χ4n) is 5.26. The summed E-state index contributed by atoms with van der Waals surface area (Å²) < 4.78 is 17.7. The van der Waals surface area contributed by atoms with Crippen molar-refractivity contribution < 1.29 is 8.96 Å². The maximum Gasteiger partial charge on any atom is 0.220 e. The highest BCUT2D eigenvalue weighted by atomic mass is 28.3. The lowest BCUT2D eigenvalue weighted by atomic mass is 9.86. The van der Waals surface area contributed by atoms with Crippen LogP contribution in [0, 0.1) is 12.7 Å². The summed E-state index contributed by atoms with van der Waals surface area (Å²) in [6.45, 7) is 15.2. The number of pyridine rings is 1. The zero-order valence-corrected chi connectivity index (χ0v) is 22.8. The SMILES string of the molecule is Cc1c(-c2c3ccc([Si](C)(C)c4ccccc4)cc3cc[n+]2C)cc(C(C)C)c(F)c1C(C)C. The first-order valence-electron chi connectivity index (χ1n) is 12.4.